The molecule has 0 bridgehead atoms. The van der Waals surface area contributed by atoms with Gasteiger partial charge in [-0.15, -0.1) is 0 Å². The zero-order chi connectivity index (χ0) is 13.2. The number of hydrogen-bond donors (Lipinski definition) is 1. The second-order valence-corrected chi connectivity index (χ2v) is 4.83. The molecule has 104 valence electrons. The summed E-state index contributed by atoms with van der Waals surface area (Å²) < 4.78 is 22.3. The highest BCUT2D eigenvalue weighted by Crippen LogP contribution is 2.33. The third-order valence-electron chi connectivity index (χ3n) is 3.56. The Kier molecular flexibility index (Phi) is 3.81. The van der Waals surface area contributed by atoms with Gasteiger partial charge in [0.25, 0.3) is 0 Å². The monoisotopic (exact) mass is 266 g/mol. The molecule has 1 N–H and O–H groups in total. The second-order valence-electron chi connectivity index (χ2n) is 4.83. The zero-order valence-corrected chi connectivity index (χ0v) is 10.8. The lowest BCUT2D eigenvalue weighted by atomic mass is 10.1. The Labute approximate surface area is 112 Å². The average molecular weight is 266 g/mol. The van der Waals surface area contributed by atoms with Crippen LogP contribution < -0.4 is 0 Å². The predicted octanol–water partition coefficient (Wildman–Crippen LogP) is 0.703. The van der Waals surface area contributed by atoms with Crippen LogP contribution in [0.3, 0.4) is 0 Å². The summed E-state index contributed by atoms with van der Waals surface area (Å²) in [5, 5.41) is 9.75. The van der Waals surface area contributed by atoms with Crippen molar-refractivity contribution >= 4 is 0 Å². The van der Waals surface area contributed by atoms with Gasteiger partial charge in [0, 0.05) is 7.11 Å². The molecular formula is C14H18O5. The molecular weight excluding hydrogens is 248 g/mol. The Hall–Kier alpha value is -0.980. The van der Waals surface area contributed by atoms with Gasteiger partial charge in [-0.25, -0.2) is 0 Å². The molecule has 5 heteroatoms. The van der Waals surface area contributed by atoms with Crippen LogP contribution in [-0.4, -0.2) is 49.5 Å². The number of rotatable bonds is 4. The Bertz CT molecular complexity index is 410. The molecule has 1 aromatic carbocycles. The fourth-order valence-corrected chi connectivity index (χ4v) is 2.59. The van der Waals surface area contributed by atoms with E-state index in [9.17, 15) is 5.11 Å². The largest absolute Gasteiger partial charge is 0.388 e. The highest BCUT2D eigenvalue weighted by atomic mass is 16.7. The van der Waals surface area contributed by atoms with E-state index in [4.69, 9.17) is 18.9 Å². The van der Waals surface area contributed by atoms with E-state index in [1.54, 1.807) is 7.11 Å². The van der Waals surface area contributed by atoms with E-state index in [1.165, 1.54) is 0 Å². The van der Waals surface area contributed by atoms with Crippen molar-refractivity contribution in [2.45, 2.75) is 37.3 Å². The first-order chi connectivity index (χ1) is 9.29. The highest BCUT2D eigenvalue weighted by Gasteiger charge is 2.53. The van der Waals surface area contributed by atoms with Crippen LogP contribution >= 0.6 is 0 Å². The second kappa shape index (κ2) is 5.56. The van der Waals surface area contributed by atoms with Crippen molar-refractivity contribution in [1.82, 2.24) is 0 Å². The number of hydrogen-bond acceptors (Lipinski definition) is 5. The molecule has 0 radical (unpaired) electrons. The van der Waals surface area contributed by atoms with Crippen molar-refractivity contribution in [3.8, 4) is 0 Å². The van der Waals surface area contributed by atoms with Crippen molar-refractivity contribution < 1.29 is 24.1 Å². The van der Waals surface area contributed by atoms with Crippen LogP contribution in [0, 0.1) is 0 Å². The Morgan fingerprint density at radius 2 is 2.05 bits per heavy atom. The maximum Gasteiger partial charge on any atom is 0.186 e. The van der Waals surface area contributed by atoms with Crippen LogP contribution in [0.15, 0.2) is 30.3 Å². The van der Waals surface area contributed by atoms with Gasteiger partial charge in [0.05, 0.1) is 13.2 Å². The number of aliphatic hydroxyl groups is 1. The van der Waals surface area contributed by atoms with Crippen LogP contribution in [0.5, 0.6) is 0 Å². The van der Waals surface area contributed by atoms with E-state index in [-0.39, 0.29) is 24.9 Å². The van der Waals surface area contributed by atoms with Gasteiger partial charge in [0.15, 0.2) is 6.29 Å². The molecule has 19 heavy (non-hydrogen) atoms. The average Bonchev–Trinajstić information content (AvgIpc) is 2.98. The van der Waals surface area contributed by atoms with Crippen LogP contribution in [0.4, 0.5) is 0 Å². The molecule has 0 unspecified atom stereocenters. The number of benzene rings is 1. The van der Waals surface area contributed by atoms with Gasteiger partial charge in [-0.1, -0.05) is 30.3 Å². The minimum Gasteiger partial charge on any atom is -0.388 e. The summed E-state index contributed by atoms with van der Waals surface area (Å²) in [6.45, 7) is 0.758. The molecule has 5 nitrogen and oxygen atoms in total. The Balaban J connectivity index is 1.65. The van der Waals surface area contributed by atoms with E-state index in [1.807, 2.05) is 30.3 Å². The Morgan fingerprint density at radius 1 is 1.26 bits per heavy atom. The SMILES string of the molecule is CO[C@H]1O[C@H]2[C@H](OC[C@H]2O)[C@@H]1OCc1ccccc1. The topological polar surface area (TPSA) is 57.2 Å². The summed E-state index contributed by atoms with van der Waals surface area (Å²) in [5.41, 5.74) is 1.08. The van der Waals surface area contributed by atoms with Gasteiger partial charge in [0.1, 0.15) is 24.4 Å². The third-order valence-corrected chi connectivity index (χ3v) is 3.56. The fourth-order valence-electron chi connectivity index (χ4n) is 2.59. The number of fused-ring (bicyclic) bond motifs is 1. The highest BCUT2D eigenvalue weighted by molar-refractivity contribution is 5.13. The maximum absolute atomic E-state index is 9.75. The summed E-state index contributed by atoms with van der Waals surface area (Å²) in [6, 6.07) is 9.90. The number of aliphatic hydroxyl groups excluding tert-OH is 1. The van der Waals surface area contributed by atoms with Gasteiger partial charge < -0.3 is 24.1 Å². The van der Waals surface area contributed by atoms with Crippen LogP contribution in [0.1, 0.15) is 5.56 Å². The van der Waals surface area contributed by atoms with Gasteiger partial charge in [-0.3, -0.25) is 0 Å². The first-order valence-corrected chi connectivity index (χ1v) is 6.43. The lowest BCUT2D eigenvalue weighted by molar-refractivity contribution is -0.182. The lowest BCUT2D eigenvalue weighted by Gasteiger charge is -2.21. The molecule has 2 aliphatic heterocycles. The normalized spacial score (nSPS) is 37.5. The first kappa shape index (κ1) is 13.0. The van der Waals surface area contributed by atoms with E-state index in [0.717, 1.165) is 5.56 Å². The lowest BCUT2D eigenvalue weighted by Crippen LogP contribution is -2.35. The molecule has 0 amide bonds. The summed E-state index contributed by atoms with van der Waals surface area (Å²) in [5.74, 6) is 0. The van der Waals surface area contributed by atoms with Gasteiger partial charge in [-0.2, -0.15) is 0 Å². The van der Waals surface area contributed by atoms with Crippen LogP contribution in [0.2, 0.25) is 0 Å². The summed E-state index contributed by atoms with van der Waals surface area (Å²) >= 11 is 0. The van der Waals surface area contributed by atoms with Crippen molar-refractivity contribution in [3.05, 3.63) is 35.9 Å². The minimum atomic E-state index is -0.604. The smallest absolute Gasteiger partial charge is 0.186 e. The van der Waals surface area contributed by atoms with Crippen molar-refractivity contribution in [2.24, 2.45) is 0 Å². The molecule has 3 rings (SSSR count). The first-order valence-electron chi connectivity index (χ1n) is 6.43. The molecule has 0 spiro atoms. The maximum atomic E-state index is 9.75. The molecule has 0 aromatic heterocycles. The molecule has 2 heterocycles. The van der Waals surface area contributed by atoms with Gasteiger partial charge >= 0.3 is 0 Å². The van der Waals surface area contributed by atoms with E-state index >= 15 is 0 Å². The van der Waals surface area contributed by atoms with E-state index in [2.05, 4.69) is 0 Å². The molecule has 0 aliphatic carbocycles. The zero-order valence-electron chi connectivity index (χ0n) is 10.8. The minimum absolute atomic E-state index is 0.260. The van der Waals surface area contributed by atoms with Crippen LogP contribution in [-0.2, 0) is 25.6 Å². The molecule has 2 fully saturated rings. The van der Waals surface area contributed by atoms with E-state index in [0.29, 0.717) is 6.61 Å². The Morgan fingerprint density at radius 3 is 2.79 bits per heavy atom. The standard InChI is InChI=1S/C14H18O5/c1-16-14-13(12-11(19-14)10(15)8-18-12)17-7-9-5-3-2-4-6-9/h2-6,10-15H,7-8H2,1H3/t10-,11-,12+,13+,14+/m1/s1. The van der Waals surface area contributed by atoms with E-state index < -0.39 is 12.4 Å². The summed E-state index contributed by atoms with van der Waals surface area (Å²) in [6.07, 6.45) is -2.02. The van der Waals surface area contributed by atoms with Gasteiger partial charge in [0.2, 0.25) is 0 Å². The molecule has 5 atom stereocenters. The number of ether oxygens (including phenoxy) is 4. The molecule has 0 saturated carbocycles. The van der Waals surface area contributed by atoms with Crippen molar-refractivity contribution in [1.29, 1.82) is 0 Å². The molecule has 1 aromatic rings. The van der Waals surface area contributed by atoms with Crippen molar-refractivity contribution in [2.75, 3.05) is 13.7 Å². The predicted molar refractivity (Wildman–Crippen MR) is 66.4 cm³/mol. The summed E-state index contributed by atoms with van der Waals surface area (Å²) in [4.78, 5) is 0. The van der Waals surface area contributed by atoms with Gasteiger partial charge in [-0.05, 0) is 5.56 Å². The van der Waals surface area contributed by atoms with Crippen LogP contribution in [0.25, 0.3) is 0 Å². The number of methoxy groups -OCH3 is 1. The fraction of sp³-hybridized carbons (Fsp3) is 0.571. The summed E-state index contributed by atoms with van der Waals surface area (Å²) in [7, 11) is 1.57. The molecule has 2 saturated heterocycles. The van der Waals surface area contributed by atoms with Crippen molar-refractivity contribution in [3.63, 3.8) is 0 Å². The third kappa shape index (κ3) is 2.52. The quantitative estimate of drug-likeness (QED) is 0.869. The molecule has 2 aliphatic rings.